The predicted molar refractivity (Wildman–Crippen MR) is 28.2 cm³/mol. The van der Waals surface area contributed by atoms with Crippen LogP contribution in [0.5, 0.6) is 0 Å². The second-order valence-corrected chi connectivity index (χ2v) is 1.38. The zero-order valence-corrected chi connectivity index (χ0v) is 4.70. The first-order valence-electron chi connectivity index (χ1n) is 2.25. The zero-order chi connectivity index (χ0) is 6.69. The molecule has 1 N–H and O–H groups in total. The lowest BCUT2D eigenvalue weighted by Crippen LogP contribution is -2.31. The van der Waals surface area contributed by atoms with Crippen molar-refractivity contribution in [2.75, 3.05) is 0 Å². The van der Waals surface area contributed by atoms with Gasteiger partial charge in [-0.05, 0) is 10.4 Å². The molecule has 47 valence electrons. The van der Waals surface area contributed by atoms with Gasteiger partial charge in [-0.1, -0.05) is 10.5 Å². The molecule has 0 atom stereocenters. The number of carbonyl (C=O) groups excluding carboxylic acids is 1. The lowest BCUT2D eigenvalue weighted by molar-refractivity contribution is -0.117. The van der Waals surface area contributed by atoms with Gasteiger partial charge in [0, 0.05) is 6.92 Å². The largest absolute Gasteiger partial charge is 0.292 e. The smallest absolute Gasteiger partial charge is 0.272 e. The van der Waals surface area contributed by atoms with Gasteiger partial charge >= 0.3 is 0 Å². The summed E-state index contributed by atoms with van der Waals surface area (Å²) in [7, 11) is 0. The molecule has 0 unspecified atom stereocenters. The van der Waals surface area contributed by atoms with Crippen molar-refractivity contribution in [3.63, 3.8) is 0 Å². The minimum absolute atomic E-state index is 0.141. The minimum Gasteiger partial charge on any atom is -0.292 e. The maximum absolute atomic E-state index is 10.3. The summed E-state index contributed by atoms with van der Waals surface area (Å²) in [4.78, 5) is 10.3. The highest BCUT2D eigenvalue weighted by Crippen LogP contribution is 1.85. The number of hydrogen-bond acceptors (Lipinski definition) is 4. The van der Waals surface area contributed by atoms with Crippen LogP contribution in [-0.4, -0.2) is 11.9 Å². The summed E-state index contributed by atoms with van der Waals surface area (Å²) in [5.41, 5.74) is 3.35. The summed E-state index contributed by atoms with van der Waals surface area (Å²) >= 11 is 0. The fourth-order valence-electron chi connectivity index (χ4n) is 0.352. The highest BCUT2D eigenvalue weighted by molar-refractivity contribution is 5.95. The molecule has 1 rings (SSSR count). The number of hydrogen-bond donors (Lipinski definition) is 1. The van der Waals surface area contributed by atoms with Crippen molar-refractivity contribution in [2.45, 2.75) is 6.92 Å². The molecule has 6 heteroatoms. The van der Waals surface area contributed by atoms with Gasteiger partial charge in [0.25, 0.3) is 5.96 Å². The Morgan fingerprint density at radius 2 is 2.33 bits per heavy atom. The molecular formula is C3H4N5O. The second kappa shape index (κ2) is 2.21. The quantitative estimate of drug-likeness (QED) is 0.461. The van der Waals surface area contributed by atoms with E-state index in [0.29, 0.717) is 0 Å². The van der Waals surface area contributed by atoms with Crippen LogP contribution in [0.2, 0.25) is 0 Å². The lowest BCUT2D eigenvalue weighted by Gasteiger charge is -1.92. The van der Waals surface area contributed by atoms with Crippen molar-refractivity contribution in [1.82, 2.24) is 10.7 Å². The molecule has 1 aliphatic heterocycles. The molecular weight excluding hydrogens is 122 g/mol. The molecule has 0 saturated heterocycles. The third kappa shape index (κ3) is 1.48. The first-order chi connectivity index (χ1) is 4.29. The molecule has 0 fully saturated rings. The highest BCUT2D eigenvalue weighted by Gasteiger charge is 2.05. The average molecular weight is 126 g/mol. The van der Waals surface area contributed by atoms with Gasteiger partial charge in [0.05, 0.1) is 0 Å². The summed E-state index contributed by atoms with van der Waals surface area (Å²) in [6.07, 6.45) is 0. The van der Waals surface area contributed by atoms with Crippen LogP contribution in [0.15, 0.2) is 15.5 Å². The number of rotatable bonds is 0. The molecule has 1 radical (unpaired) electrons. The third-order valence-electron chi connectivity index (χ3n) is 0.607. The van der Waals surface area contributed by atoms with Crippen LogP contribution in [0.1, 0.15) is 6.92 Å². The predicted octanol–water partition coefficient (Wildman–Crippen LogP) is -0.621. The summed E-state index contributed by atoms with van der Waals surface area (Å²) in [5, 5.41) is 11.9. The van der Waals surface area contributed by atoms with E-state index in [1.807, 2.05) is 0 Å². The van der Waals surface area contributed by atoms with Gasteiger partial charge in [-0.15, -0.1) is 0 Å². The Labute approximate surface area is 51.0 Å². The Bertz CT molecular complexity index is 183. The van der Waals surface area contributed by atoms with Crippen molar-refractivity contribution in [2.24, 2.45) is 15.5 Å². The second-order valence-electron chi connectivity index (χ2n) is 1.38. The topological polar surface area (TPSA) is 80.3 Å². The third-order valence-corrected chi connectivity index (χ3v) is 0.607. The van der Waals surface area contributed by atoms with Crippen LogP contribution < -0.4 is 10.7 Å². The number of carbonyl (C=O) groups is 1. The molecule has 1 aliphatic rings. The van der Waals surface area contributed by atoms with Gasteiger partial charge in [0.15, 0.2) is 0 Å². The lowest BCUT2D eigenvalue weighted by atomic mass is 10.7. The molecule has 0 aromatic carbocycles. The summed E-state index contributed by atoms with van der Waals surface area (Å²) in [6, 6.07) is 0. The molecule has 1 heterocycles. The molecule has 6 nitrogen and oxygen atoms in total. The Kier molecular flexibility index (Phi) is 1.39. The van der Waals surface area contributed by atoms with Crippen molar-refractivity contribution < 1.29 is 4.79 Å². The Morgan fingerprint density at radius 1 is 1.56 bits per heavy atom. The van der Waals surface area contributed by atoms with Crippen molar-refractivity contribution in [3.05, 3.63) is 0 Å². The Balaban J connectivity index is 2.39. The van der Waals surface area contributed by atoms with E-state index in [2.05, 4.69) is 26.3 Å². The van der Waals surface area contributed by atoms with Crippen molar-refractivity contribution >= 4 is 11.9 Å². The van der Waals surface area contributed by atoms with Gasteiger partial charge < -0.3 is 0 Å². The van der Waals surface area contributed by atoms with Gasteiger partial charge in [0.2, 0.25) is 5.91 Å². The van der Waals surface area contributed by atoms with E-state index < -0.39 is 0 Å². The maximum atomic E-state index is 10.3. The van der Waals surface area contributed by atoms with E-state index >= 15 is 0 Å². The standard InChI is InChI=1S/C3H4N5O/c1-2(9)4-3-5-7-8-6-3/h1H3,(H,4,5,8,9). The van der Waals surface area contributed by atoms with Crippen LogP contribution in [0.4, 0.5) is 0 Å². The van der Waals surface area contributed by atoms with Gasteiger partial charge in [-0.3, -0.25) is 10.1 Å². The Hall–Kier alpha value is -1.46. The van der Waals surface area contributed by atoms with E-state index in [1.165, 1.54) is 6.92 Å². The van der Waals surface area contributed by atoms with E-state index in [-0.39, 0.29) is 11.9 Å². The molecule has 0 aromatic heterocycles. The first kappa shape index (κ1) is 5.67. The molecule has 0 aliphatic carbocycles. The summed E-state index contributed by atoms with van der Waals surface area (Å²) in [6.45, 7) is 1.36. The van der Waals surface area contributed by atoms with Crippen LogP contribution in [0.25, 0.3) is 0 Å². The van der Waals surface area contributed by atoms with Crippen molar-refractivity contribution in [3.8, 4) is 0 Å². The van der Waals surface area contributed by atoms with E-state index in [4.69, 9.17) is 0 Å². The number of nitrogens with zero attached hydrogens (tertiary/aromatic N) is 4. The van der Waals surface area contributed by atoms with Crippen molar-refractivity contribution in [1.29, 1.82) is 0 Å². The fraction of sp³-hybridized carbons (Fsp3) is 0.333. The average Bonchev–Trinajstić information content (AvgIpc) is 2.15. The molecule has 0 aromatic rings. The van der Waals surface area contributed by atoms with Gasteiger partial charge in [-0.25, -0.2) is 0 Å². The van der Waals surface area contributed by atoms with Crippen LogP contribution in [-0.2, 0) is 4.79 Å². The van der Waals surface area contributed by atoms with Gasteiger partial charge in [-0.2, -0.15) is 0 Å². The molecule has 0 bridgehead atoms. The monoisotopic (exact) mass is 126 g/mol. The number of nitrogens with one attached hydrogen (secondary N) is 1. The first-order valence-corrected chi connectivity index (χ1v) is 2.25. The summed E-state index contributed by atoms with van der Waals surface area (Å²) in [5.74, 6) is -0.0905. The minimum atomic E-state index is -0.232. The van der Waals surface area contributed by atoms with Crippen LogP contribution in [0.3, 0.4) is 0 Å². The van der Waals surface area contributed by atoms with Crippen LogP contribution in [0, 0.1) is 0 Å². The molecule has 9 heavy (non-hydrogen) atoms. The fourth-order valence-corrected chi connectivity index (χ4v) is 0.352. The van der Waals surface area contributed by atoms with E-state index in [9.17, 15) is 4.79 Å². The maximum Gasteiger partial charge on any atom is 0.272 e. The number of amides is 1. The zero-order valence-electron chi connectivity index (χ0n) is 4.70. The normalized spacial score (nSPS) is 14.6. The molecule has 1 amide bonds. The van der Waals surface area contributed by atoms with E-state index in [1.54, 1.807) is 0 Å². The molecule has 0 spiro atoms. The Morgan fingerprint density at radius 3 is 2.78 bits per heavy atom. The number of guanidine groups is 1. The summed E-state index contributed by atoms with van der Waals surface area (Å²) < 4.78 is 0. The SMILES string of the molecule is CC(=O)NC1=NN=N[N]1. The van der Waals surface area contributed by atoms with Gasteiger partial charge in [0.1, 0.15) is 0 Å². The highest BCUT2D eigenvalue weighted by atomic mass is 16.1. The van der Waals surface area contributed by atoms with E-state index in [0.717, 1.165) is 0 Å². The van der Waals surface area contributed by atoms with Crippen LogP contribution >= 0.6 is 0 Å². The molecule has 0 saturated carbocycles.